The minimum absolute atomic E-state index is 0. The van der Waals surface area contributed by atoms with Gasteiger partial charge in [-0.2, -0.15) is 0 Å². The molecule has 3 rings (SSSR count). The van der Waals surface area contributed by atoms with Crippen LogP contribution in [0.3, 0.4) is 0 Å². The highest BCUT2D eigenvalue weighted by atomic mass is 35.5. The summed E-state index contributed by atoms with van der Waals surface area (Å²) >= 11 is 1.82. The number of nitrogens with one attached hydrogen (secondary N) is 1. The fourth-order valence-electron chi connectivity index (χ4n) is 2.33. The van der Waals surface area contributed by atoms with Crippen LogP contribution in [0.4, 0.5) is 0 Å². The topological polar surface area (TPSA) is 28.2 Å². The molecule has 0 saturated carbocycles. The molecule has 0 aliphatic carbocycles. The van der Waals surface area contributed by atoms with E-state index in [0.29, 0.717) is 6.04 Å². The van der Waals surface area contributed by atoms with Gasteiger partial charge < -0.3 is 5.32 Å². The second-order valence-corrected chi connectivity index (χ2v) is 5.78. The third kappa shape index (κ3) is 3.01. The van der Waals surface area contributed by atoms with Crippen LogP contribution in [0.1, 0.15) is 11.9 Å². The number of benzene rings is 1. The van der Waals surface area contributed by atoms with Gasteiger partial charge in [0.05, 0.1) is 16.8 Å². The molecular weight excluding hydrogens is 266 g/mol. The van der Waals surface area contributed by atoms with Crippen molar-refractivity contribution in [1.29, 1.82) is 0 Å². The Morgan fingerprint density at radius 2 is 2.28 bits per heavy atom. The number of aromatic nitrogens is 1. The Labute approximate surface area is 118 Å². The second-order valence-electron chi connectivity index (χ2n) is 4.67. The second kappa shape index (κ2) is 5.97. The van der Waals surface area contributed by atoms with Crippen LogP contribution < -0.4 is 5.32 Å². The highest BCUT2D eigenvalue weighted by Crippen LogP contribution is 2.22. The maximum Gasteiger partial charge on any atom is 0.108 e. The molecule has 2 aromatic rings. The number of nitrogens with zero attached hydrogens (tertiary/aromatic N) is 2. The number of piperazine rings is 1. The summed E-state index contributed by atoms with van der Waals surface area (Å²) in [5.41, 5.74) is 1.13. The predicted octanol–water partition coefficient (Wildman–Crippen LogP) is 2.51. The standard InChI is InChI=1S/C13H17N3S.ClH/c1-10-8-16(7-6-14-10)9-13-15-11-4-2-3-5-12(11)17-13;/h2-5,10,14H,6-9H2,1H3;1H/t10-;/m0./s1. The van der Waals surface area contributed by atoms with E-state index in [1.165, 1.54) is 9.71 Å². The molecule has 0 radical (unpaired) electrons. The van der Waals surface area contributed by atoms with Gasteiger partial charge in [0.15, 0.2) is 0 Å². The quantitative estimate of drug-likeness (QED) is 0.918. The Bertz CT molecular complexity index is 481. The number of rotatable bonds is 2. The van der Waals surface area contributed by atoms with E-state index in [4.69, 9.17) is 0 Å². The van der Waals surface area contributed by atoms with Crippen LogP contribution in [0, 0.1) is 0 Å². The van der Waals surface area contributed by atoms with Crippen molar-refractivity contribution in [3.8, 4) is 0 Å². The molecule has 1 aliphatic rings. The molecule has 0 bridgehead atoms. The summed E-state index contributed by atoms with van der Waals surface area (Å²) in [7, 11) is 0. The van der Waals surface area contributed by atoms with Crippen molar-refractivity contribution >= 4 is 34.0 Å². The molecule has 1 atom stereocenters. The number of fused-ring (bicyclic) bond motifs is 1. The zero-order valence-electron chi connectivity index (χ0n) is 10.4. The van der Waals surface area contributed by atoms with E-state index in [-0.39, 0.29) is 12.4 Å². The van der Waals surface area contributed by atoms with Crippen molar-refractivity contribution in [3.05, 3.63) is 29.3 Å². The number of para-hydroxylation sites is 1. The predicted molar refractivity (Wildman–Crippen MR) is 79.6 cm³/mol. The Balaban J connectivity index is 0.00000120. The average molecular weight is 284 g/mol. The van der Waals surface area contributed by atoms with Gasteiger partial charge in [-0.25, -0.2) is 4.98 Å². The molecule has 1 aliphatic heterocycles. The molecule has 18 heavy (non-hydrogen) atoms. The van der Waals surface area contributed by atoms with E-state index in [1.807, 2.05) is 11.3 Å². The summed E-state index contributed by atoms with van der Waals surface area (Å²) in [6, 6.07) is 8.97. The van der Waals surface area contributed by atoms with Gasteiger partial charge in [-0.05, 0) is 19.1 Å². The highest BCUT2D eigenvalue weighted by Gasteiger charge is 2.16. The number of hydrogen-bond acceptors (Lipinski definition) is 4. The molecule has 3 nitrogen and oxygen atoms in total. The monoisotopic (exact) mass is 283 g/mol. The zero-order chi connectivity index (χ0) is 11.7. The van der Waals surface area contributed by atoms with Crippen molar-refractivity contribution in [2.75, 3.05) is 19.6 Å². The fraction of sp³-hybridized carbons (Fsp3) is 0.462. The largest absolute Gasteiger partial charge is 0.312 e. The van der Waals surface area contributed by atoms with Crippen molar-refractivity contribution in [1.82, 2.24) is 15.2 Å². The van der Waals surface area contributed by atoms with E-state index in [0.717, 1.165) is 31.7 Å². The van der Waals surface area contributed by atoms with Crippen LogP contribution in [0.25, 0.3) is 10.2 Å². The van der Waals surface area contributed by atoms with E-state index in [9.17, 15) is 0 Å². The minimum atomic E-state index is 0. The van der Waals surface area contributed by atoms with E-state index in [1.54, 1.807) is 0 Å². The molecule has 98 valence electrons. The third-order valence-electron chi connectivity index (χ3n) is 3.15. The summed E-state index contributed by atoms with van der Waals surface area (Å²) in [6.07, 6.45) is 0. The summed E-state index contributed by atoms with van der Waals surface area (Å²) in [5.74, 6) is 0. The first-order chi connectivity index (χ1) is 8.31. The first-order valence-electron chi connectivity index (χ1n) is 6.11. The van der Waals surface area contributed by atoms with Crippen LogP contribution in [0.5, 0.6) is 0 Å². The normalized spacial score (nSPS) is 20.8. The van der Waals surface area contributed by atoms with Crippen LogP contribution in [0.15, 0.2) is 24.3 Å². The molecular formula is C13H18ClN3S. The molecule has 5 heteroatoms. The van der Waals surface area contributed by atoms with E-state index < -0.39 is 0 Å². The summed E-state index contributed by atoms with van der Waals surface area (Å²) in [6.45, 7) is 6.57. The molecule has 1 N–H and O–H groups in total. The molecule has 1 saturated heterocycles. The van der Waals surface area contributed by atoms with Gasteiger partial charge in [0.1, 0.15) is 5.01 Å². The Kier molecular flexibility index (Phi) is 4.56. The Morgan fingerprint density at radius 3 is 3.06 bits per heavy atom. The van der Waals surface area contributed by atoms with Gasteiger partial charge in [-0.15, -0.1) is 23.7 Å². The van der Waals surface area contributed by atoms with Crippen LogP contribution in [-0.2, 0) is 6.54 Å². The van der Waals surface area contributed by atoms with Gasteiger partial charge in [0.25, 0.3) is 0 Å². The van der Waals surface area contributed by atoms with Gasteiger partial charge >= 0.3 is 0 Å². The van der Waals surface area contributed by atoms with Crippen LogP contribution >= 0.6 is 23.7 Å². The highest BCUT2D eigenvalue weighted by molar-refractivity contribution is 7.18. The molecule has 1 aromatic carbocycles. The van der Waals surface area contributed by atoms with Crippen LogP contribution in [-0.4, -0.2) is 35.6 Å². The third-order valence-corrected chi connectivity index (χ3v) is 4.17. The van der Waals surface area contributed by atoms with Gasteiger partial charge in [0, 0.05) is 25.7 Å². The van der Waals surface area contributed by atoms with Gasteiger partial charge in [0.2, 0.25) is 0 Å². The number of hydrogen-bond donors (Lipinski definition) is 1. The lowest BCUT2D eigenvalue weighted by Crippen LogP contribution is -2.48. The Morgan fingerprint density at radius 1 is 1.44 bits per heavy atom. The van der Waals surface area contributed by atoms with Gasteiger partial charge in [-0.1, -0.05) is 12.1 Å². The van der Waals surface area contributed by atoms with Gasteiger partial charge in [-0.3, -0.25) is 4.90 Å². The van der Waals surface area contributed by atoms with E-state index in [2.05, 4.69) is 46.4 Å². The number of thiazole rings is 1. The first kappa shape index (κ1) is 13.7. The van der Waals surface area contributed by atoms with Crippen LogP contribution in [0.2, 0.25) is 0 Å². The molecule has 2 heterocycles. The van der Waals surface area contributed by atoms with Crippen molar-refractivity contribution in [3.63, 3.8) is 0 Å². The summed E-state index contributed by atoms with van der Waals surface area (Å²) in [5, 5.41) is 4.70. The van der Waals surface area contributed by atoms with E-state index >= 15 is 0 Å². The SMILES string of the molecule is C[C@H]1CN(Cc2nc3ccccc3s2)CCN1.Cl. The minimum Gasteiger partial charge on any atom is -0.312 e. The lowest BCUT2D eigenvalue weighted by Gasteiger charge is -2.31. The molecule has 1 aromatic heterocycles. The molecule has 1 fully saturated rings. The number of halogens is 1. The lowest BCUT2D eigenvalue weighted by molar-refractivity contribution is 0.199. The zero-order valence-corrected chi connectivity index (χ0v) is 12.1. The molecule has 0 spiro atoms. The van der Waals surface area contributed by atoms with Crippen molar-refractivity contribution in [2.24, 2.45) is 0 Å². The fourth-order valence-corrected chi connectivity index (χ4v) is 3.34. The summed E-state index contributed by atoms with van der Waals surface area (Å²) in [4.78, 5) is 7.17. The molecule has 0 amide bonds. The molecule has 0 unspecified atom stereocenters. The van der Waals surface area contributed by atoms with Crippen molar-refractivity contribution < 1.29 is 0 Å². The maximum absolute atomic E-state index is 4.69. The van der Waals surface area contributed by atoms with Crippen molar-refractivity contribution in [2.45, 2.75) is 19.5 Å². The lowest BCUT2D eigenvalue weighted by atomic mass is 10.2. The Hall–Kier alpha value is -0.680. The smallest absolute Gasteiger partial charge is 0.108 e. The summed E-state index contributed by atoms with van der Waals surface area (Å²) < 4.78 is 1.30. The first-order valence-corrected chi connectivity index (χ1v) is 6.93. The average Bonchev–Trinajstić information content (AvgIpc) is 2.71. The maximum atomic E-state index is 4.69.